The van der Waals surface area contributed by atoms with Crippen molar-refractivity contribution in [1.29, 1.82) is 0 Å². The zero-order valence-corrected chi connectivity index (χ0v) is 12.6. The Labute approximate surface area is 121 Å². The Balaban J connectivity index is 2.20. The molecule has 4 nitrogen and oxygen atoms in total. The highest BCUT2D eigenvalue weighted by atomic mass is 32.2. The molecule has 0 radical (unpaired) electrons. The van der Waals surface area contributed by atoms with E-state index >= 15 is 0 Å². The molecule has 0 saturated carbocycles. The van der Waals surface area contributed by atoms with Gasteiger partial charge in [0.25, 0.3) is 0 Å². The number of benzene rings is 1. The highest BCUT2D eigenvalue weighted by Crippen LogP contribution is 2.38. The molecule has 1 aromatic carbocycles. The molecule has 0 aliphatic carbocycles. The third kappa shape index (κ3) is 3.68. The molecule has 0 saturated heterocycles. The van der Waals surface area contributed by atoms with E-state index in [2.05, 4.69) is 29.3 Å². The number of hydrogen-bond donors (Lipinski definition) is 1. The first-order valence-electron chi connectivity index (χ1n) is 6.07. The SMILES string of the molecule is CCC(N)C(Sc1nncs1)c1ccc(OC)cc1. The van der Waals surface area contributed by atoms with E-state index in [0.717, 1.165) is 16.5 Å². The maximum absolute atomic E-state index is 6.24. The smallest absolute Gasteiger partial charge is 0.174 e. The standard InChI is InChI=1S/C13H17N3OS2/c1-3-11(14)12(19-13-16-15-8-18-13)9-4-6-10(17-2)7-5-9/h4-8,11-12H,3,14H2,1-2H3. The van der Waals surface area contributed by atoms with Crippen LogP contribution in [0.4, 0.5) is 0 Å². The van der Waals surface area contributed by atoms with Gasteiger partial charge in [-0.15, -0.1) is 10.2 Å². The van der Waals surface area contributed by atoms with Crippen molar-refractivity contribution in [2.24, 2.45) is 5.73 Å². The van der Waals surface area contributed by atoms with Gasteiger partial charge in [0, 0.05) is 6.04 Å². The minimum absolute atomic E-state index is 0.0855. The normalized spacial score (nSPS) is 14.1. The van der Waals surface area contributed by atoms with Gasteiger partial charge in [-0.25, -0.2) is 0 Å². The second kappa shape index (κ2) is 6.88. The van der Waals surface area contributed by atoms with Gasteiger partial charge in [-0.3, -0.25) is 0 Å². The van der Waals surface area contributed by atoms with E-state index in [1.54, 1.807) is 35.7 Å². The lowest BCUT2D eigenvalue weighted by Crippen LogP contribution is -2.25. The van der Waals surface area contributed by atoms with E-state index in [9.17, 15) is 0 Å². The topological polar surface area (TPSA) is 61.0 Å². The molecule has 0 aliphatic rings. The van der Waals surface area contributed by atoms with Crippen LogP contribution in [0, 0.1) is 0 Å². The quantitative estimate of drug-likeness (QED) is 0.830. The Kier molecular flexibility index (Phi) is 5.18. The van der Waals surface area contributed by atoms with Gasteiger partial charge in [0.05, 0.1) is 12.4 Å². The minimum atomic E-state index is 0.0855. The molecular formula is C13H17N3OS2. The fourth-order valence-corrected chi connectivity index (χ4v) is 3.65. The first-order valence-corrected chi connectivity index (χ1v) is 7.83. The fourth-order valence-electron chi connectivity index (χ4n) is 1.73. The summed E-state index contributed by atoms with van der Waals surface area (Å²) in [6.07, 6.45) is 0.919. The van der Waals surface area contributed by atoms with E-state index in [-0.39, 0.29) is 11.3 Å². The summed E-state index contributed by atoms with van der Waals surface area (Å²) in [4.78, 5) is 0. The molecular weight excluding hydrogens is 278 g/mol. The van der Waals surface area contributed by atoms with E-state index in [1.807, 2.05) is 12.1 Å². The Hall–Kier alpha value is -1.11. The van der Waals surface area contributed by atoms with Crippen LogP contribution in [0.1, 0.15) is 24.2 Å². The molecule has 0 bridgehead atoms. The Morgan fingerprint density at radius 2 is 2.11 bits per heavy atom. The fraction of sp³-hybridized carbons (Fsp3) is 0.385. The number of nitrogens with two attached hydrogens (primary N) is 1. The summed E-state index contributed by atoms with van der Waals surface area (Å²) in [6.45, 7) is 2.10. The van der Waals surface area contributed by atoms with Crippen LogP contribution in [0.3, 0.4) is 0 Å². The van der Waals surface area contributed by atoms with E-state index in [1.165, 1.54) is 5.56 Å². The van der Waals surface area contributed by atoms with Gasteiger partial charge in [-0.2, -0.15) is 0 Å². The monoisotopic (exact) mass is 295 g/mol. The molecule has 102 valence electrons. The zero-order chi connectivity index (χ0) is 13.7. The van der Waals surface area contributed by atoms with Crippen molar-refractivity contribution in [2.75, 3.05) is 7.11 Å². The summed E-state index contributed by atoms with van der Waals surface area (Å²) in [7, 11) is 1.67. The van der Waals surface area contributed by atoms with Crippen LogP contribution in [-0.2, 0) is 0 Å². The number of methoxy groups -OCH3 is 1. The molecule has 1 heterocycles. The summed E-state index contributed by atoms with van der Waals surface area (Å²) < 4.78 is 6.13. The molecule has 2 rings (SSSR count). The summed E-state index contributed by atoms with van der Waals surface area (Å²) in [5.74, 6) is 0.855. The second-order valence-electron chi connectivity index (χ2n) is 4.09. The predicted molar refractivity (Wildman–Crippen MR) is 79.8 cm³/mol. The Morgan fingerprint density at radius 1 is 1.37 bits per heavy atom. The molecule has 0 spiro atoms. The summed E-state index contributed by atoms with van der Waals surface area (Å²) in [5.41, 5.74) is 9.17. The average molecular weight is 295 g/mol. The van der Waals surface area contributed by atoms with Crippen LogP contribution < -0.4 is 10.5 Å². The second-order valence-corrected chi connectivity index (χ2v) is 6.31. The van der Waals surface area contributed by atoms with Crippen LogP contribution in [-0.4, -0.2) is 23.3 Å². The third-order valence-electron chi connectivity index (χ3n) is 2.87. The molecule has 1 aromatic heterocycles. The van der Waals surface area contributed by atoms with Gasteiger partial charge < -0.3 is 10.5 Å². The van der Waals surface area contributed by atoms with E-state index < -0.39 is 0 Å². The van der Waals surface area contributed by atoms with Crippen LogP contribution in [0.5, 0.6) is 5.75 Å². The van der Waals surface area contributed by atoms with Crippen LogP contribution in [0.15, 0.2) is 34.1 Å². The first kappa shape index (κ1) is 14.3. The van der Waals surface area contributed by atoms with Gasteiger partial charge >= 0.3 is 0 Å². The van der Waals surface area contributed by atoms with Gasteiger partial charge in [-0.1, -0.05) is 42.2 Å². The molecule has 19 heavy (non-hydrogen) atoms. The molecule has 0 fully saturated rings. The largest absolute Gasteiger partial charge is 0.497 e. The molecule has 6 heteroatoms. The number of nitrogens with zero attached hydrogens (tertiary/aromatic N) is 2. The maximum Gasteiger partial charge on any atom is 0.174 e. The van der Waals surface area contributed by atoms with Crippen molar-refractivity contribution >= 4 is 23.1 Å². The summed E-state index contributed by atoms with van der Waals surface area (Å²) >= 11 is 3.22. The third-order valence-corrected chi connectivity index (χ3v) is 5.09. The van der Waals surface area contributed by atoms with E-state index in [4.69, 9.17) is 10.5 Å². The maximum atomic E-state index is 6.24. The lowest BCUT2D eigenvalue weighted by molar-refractivity contribution is 0.414. The van der Waals surface area contributed by atoms with Gasteiger partial charge in [0.15, 0.2) is 4.34 Å². The number of ether oxygens (including phenoxy) is 1. The zero-order valence-electron chi connectivity index (χ0n) is 10.9. The number of rotatable bonds is 6. The summed E-state index contributed by atoms with van der Waals surface area (Å²) in [5, 5.41) is 8.14. The highest BCUT2D eigenvalue weighted by Gasteiger charge is 2.21. The molecule has 2 unspecified atom stereocenters. The molecule has 0 aliphatic heterocycles. The first-order chi connectivity index (χ1) is 9.24. The number of aromatic nitrogens is 2. The summed E-state index contributed by atoms with van der Waals surface area (Å²) in [6, 6.07) is 8.14. The van der Waals surface area contributed by atoms with Gasteiger partial charge in [0.2, 0.25) is 0 Å². The molecule has 2 aromatic rings. The molecule has 2 atom stereocenters. The Morgan fingerprint density at radius 3 is 2.63 bits per heavy atom. The lowest BCUT2D eigenvalue weighted by atomic mass is 10.0. The van der Waals surface area contributed by atoms with Crippen LogP contribution >= 0.6 is 23.1 Å². The van der Waals surface area contributed by atoms with Crippen LogP contribution in [0.2, 0.25) is 0 Å². The molecule has 2 N–H and O–H groups in total. The van der Waals surface area contributed by atoms with Crippen molar-refractivity contribution in [2.45, 2.75) is 29.0 Å². The Bertz CT molecular complexity index is 487. The van der Waals surface area contributed by atoms with Crippen molar-refractivity contribution in [3.63, 3.8) is 0 Å². The lowest BCUT2D eigenvalue weighted by Gasteiger charge is -2.21. The van der Waals surface area contributed by atoms with Crippen LogP contribution in [0.25, 0.3) is 0 Å². The minimum Gasteiger partial charge on any atom is -0.497 e. The average Bonchev–Trinajstić information content (AvgIpc) is 2.97. The predicted octanol–water partition coefficient (Wildman–Crippen LogP) is 3.12. The van der Waals surface area contributed by atoms with Gasteiger partial charge in [-0.05, 0) is 24.1 Å². The van der Waals surface area contributed by atoms with Crippen molar-refractivity contribution in [1.82, 2.24) is 10.2 Å². The number of thioether (sulfide) groups is 1. The van der Waals surface area contributed by atoms with Crippen molar-refractivity contribution in [3.8, 4) is 5.75 Å². The van der Waals surface area contributed by atoms with Crippen molar-refractivity contribution < 1.29 is 4.74 Å². The molecule has 0 amide bonds. The number of hydrogen-bond acceptors (Lipinski definition) is 6. The van der Waals surface area contributed by atoms with E-state index in [0.29, 0.717) is 0 Å². The van der Waals surface area contributed by atoms with Gasteiger partial charge in [0.1, 0.15) is 11.3 Å². The van der Waals surface area contributed by atoms with Crippen molar-refractivity contribution in [3.05, 3.63) is 35.3 Å². The highest BCUT2D eigenvalue weighted by molar-refractivity contribution is 8.01.